The van der Waals surface area contributed by atoms with Crippen molar-refractivity contribution < 1.29 is 23.8 Å². The summed E-state index contributed by atoms with van der Waals surface area (Å²) in [6.45, 7) is 2.31. The molecule has 216 valence electrons. The lowest BCUT2D eigenvalue weighted by Crippen LogP contribution is -2.24. The number of allylic oxidation sites excluding steroid dienone is 2. The van der Waals surface area contributed by atoms with Crippen molar-refractivity contribution in [3.63, 3.8) is 0 Å². The van der Waals surface area contributed by atoms with Crippen molar-refractivity contribution in [1.29, 1.82) is 0 Å². The summed E-state index contributed by atoms with van der Waals surface area (Å²) in [6.07, 6.45) is 5.01. The molecule has 0 bridgehead atoms. The molecule has 0 fully saturated rings. The minimum Gasteiger partial charge on any atom is -0.496 e. The molecule has 0 saturated carbocycles. The number of aromatic nitrogens is 2. The fourth-order valence-corrected chi connectivity index (χ4v) is 5.52. The van der Waals surface area contributed by atoms with Crippen molar-refractivity contribution in [2.75, 3.05) is 19.5 Å². The lowest BCUT2D eigenvalue weighted by atomic mass is 9.87. The van der Waals surface area contributed by atoms with Crippen molar-refractivity contribution in [2.24, 2.45) is 4.99 Å². The Morgan fingerprint density at radius 3 is 2.65 bits per heavy atom. The van der Waals surface area contributed by atoms with Crippen LogP contribution in [-0.4, -0.2) is 47.1 Å². The van der Waals surface area contributed by atoms with Crippen LogP contribution in [0, 0.1) is 6.92 Å². The monoisotopic (exact) mass is 576 g/mol. The Morgan fingerprint density at radius 1 is 1.05 bits per heavy atom. The fraction of sp³-hybridized carbons (Fsp3) is 0.176. The molecule has 0 spiro atoms. The number of aryl methyl sites for hydroxylation is 1. The van der Waals surface area contributed by atoms with Crippen LogP contribution in [0.3, 0.4) is 0 Å². The summed E-state index contributed by atoms with van der Waals surface area (Å²) in [5.74, 6) is -0.939. The zero-order chi connectivity index (χ0) is 30.1. The van der Waals surface area contributed by atoms with E-state index in [4.69, 9.17) is 19.5 Å². The second-order valence-electron chi connectivity index (χ2n) is 10.3. The Bertz CT molecular complexity index is 1850. The number of aromatic carboxylic acids is 1. The molecule has 0 amide bonds. The number of rotatable bonds is 7. The summed E-state index contributed by atoms with van der Waals surface area (Å²) in [4.78, 5) is 25.8. The standard InChI is InChI=1S/C34H29FN4O4/c1-19-7-4-5-8-23(19)20-11-13-24-26(15-20)32(30-27(35)9-6-10-28(30)42-2)36-17-21-18-37-34(39-31(21)24)38-22-12-14-25(33(40)41)29(16-22)43-3/h4-9,11-16,18,28H,10,17H2,1-3H3,(H,40,41)(H,37,38,39). The van der Waals surface area contributed by atoms with E-state index in [1.807, 2.05) is 30.3 Å². The van der Waals surface area contributed by atoms with Crippen LogP contribution < -0.4 is 10.1 Å². The van der Waals surface area contributed by atoms with Gasteiger partial charge in [-0.1, -0.05) is 42.5 Å². The summed E-state index contributed by atoms with van der Waals surface area (Å²) in [5.41, 5.74) is 7.71. The van der Waals surface area contributed by atoms with Crippen LogP contribution >= 0.6 is 0 Å². The number of aliphatic imine (C=N–C) groups is 1. The van der Waals surface area contributed by atoms with Crippen LogP contribution in [-0.2, 0) is 11.3 Å². The minimum absolute atomic E-state index is 0.0485. The van der Waals surface area contributed by atoms with Crippen LogP contribution in [0.1, 0.15) is 33.5 Å². The number of ether oxygens (including phenoxy) is 2. The molecule has 0 saturated heterocycles. The van der Waals surface area contributed by atoms with Crippen LogP contribution in [0.5, 0.6) is 5.75 Å². The zero-order valence-electron chi connectivity index (χ0n) is 23.9. The summed E-state index contributed by atoms with van der Waals surface area (Å²) < 4.78 is 26.5. The molecule has 3 aromatic carbocycles. The number of benzene rings is 3. The molecule has 9 heteroatoms. The molecule has 6 rings (SSSR count). The number of carboxylic acid groups (broad SMARTS) is 1. The first-order valence-electron chi connectivity index (χ1n) is 13.8. The number of halogens is 1. The van der Waals surface area contributed by atoms with E-state index in [0.717, 1.165) is 33.4 Å². The average molecular weight is 577 g/mol. The van der Waals surface area contributed by atoms with E-state index in [1.165, 1.54) is 19.3 Å². The van der Waals surface area contributed by atoms with Crippen LogP contribution in [0.15, 0.2) is 95.4 Å². The Morgan fingerprint density at radius 2 is 1.88 bits per heavy atom. The predicted octanol–water partition coefficient (Wildman–Crippen LogP) is 7.07. The molecule has 1 aromatic heterocycles. The molecular weight excluding hydrogens is 547 g/mol. The van der Waals surface area contributed by atoms with Crippen molar-refractivity contribution in [2.45, 2.75) is 26.0 Å². The van der Waals surface area contributed by atoms with Crippen molar-refractivity contribution in [3.05, 3.63) is 113 Å². The number of hydrogen-bond acceptors (Lipinski definition) is 7. The average Bonchev–Trinajstić information content (AvgIpc) is 3.17. The first-order chi connectivity index (χ1) is 20.9. The van der Waals surface area contributed by atoms with Gasteiger partial charge < -0.3 is 19.9 Å². The summed E-state index contributed by atoms with van der Waals surface area (Å²) in [6, 6.07) is 18.9. The molecule has 2 heterocycles. The number of nitrogens with zero attached hydrogens (tertiary/aromatic N) is 3. The number of nitrogens with one attached hydrogen (secondary N) is 1. The van der Waals surface area contributed by atoms with E-state index in [9.17, 15) is 9.90 Å². The normalized spacial score (nSPS) is 15.7. The highest BCUT2D eigenvalue weighted by Gasteiger charge is 2.30. The number of methoxy groups -OCH3 is 2. The van der Waals surface area contributed by atoms with E-state index >= 15 is 4.39 Å². The first kappa shape index (κ1) is 28.0. The molecule has 43 heavy (non-hydrogen) atoms. The van der Waals surface area contributed by atoms with Gasteiger partial charge in [-0.15, -0.1) is 0 Å². The maximum Gasteiger partial charge on any atom is 0.339 e. The number of fused-ring (bicyclic) bond motifs is 3. The van der Waals surface area contributed by atoms with E-state index in [1.54, 1.807) is 31.5 Å². The molecule has 1 aliphatic carbocycles. The van der Waals surface area contributed by atoms with Crippen molar-refractivity contribution in [1.82, 2.24) is 9.97 Å². The maximum absolute atomic E-state index is 15.5. The van der Waals surface area contributed by atoms with Gasteiger partial charge in [0.05, 0.1) is 31.2 Å². The molecule has 1 aliphatic heterocycles. The Labute approximate surface area is 248 Å². The number of carboxylic acids is 1. The van der Waals surface area contributed by atoms with E-state index in [-0.39, 0.29) is 23.7 Å². The van der Waals surface area contributed by atoms with Gasteiger partial charge >= 0.3 is 5.97 Å². The second-order valence-corrected chi connectivity index (χ2v) is 10.3. The lowest BCUT2D eigenvalue weighted by Gasteiger charge is -2.23. The number of hydrogen-bond donors (Lipinski definition) is 2. The van der Waals surface area contributed by atoms with Gasteiger partial charge in [0.2, 0.25) is 5.95 Å². The summed E-state index contributed by atoms with van der Waals surface area (Å²) in [7, 11) is 2.99. The first-order valence-corrected chi connectivity index (χ1v) is 13.8. The van der Waals surface area contributed by atoms with Gasteiger partial charge in [-0.3, -0.25) is 4.99 Å². The summed E-state index contributed by atoms with van der Waals surface area (Å²) in [5, 5.41) is 12.6. The van der Waals surface area contributed by atoms with Crippen LogP contribution in [0.4, 0.5) is 16.0 Å². The highest BCUT2D eigenvalue weighted by Crippen LogP contribution is 2.38. The van der Waals surface area contributed by atoms with Crippen LogP contribution in [0.2, 0.25) is 0 Å². The summed E-state index contributed by atoms with van der Waals surface area (Å²) >= 11 is 0. The van der Waals surface area contributed by atoms with Gasteiger partial charge in [0.25, 0.3) is 0 Å². The van der Waals surface area contributed by atoms with Gasteiger partial charge in [0.15, 0.2) is 0 Å². The lowest BCUT2D eigenvalue weighted by molar-refractivity contribution is 0.0693. The third kappa shape index (κ3) is 5.30. The molecule has 2 aliphatic rings. The molecule has 1 unspecified atom stereocenters. The van der Waals surface area contributed by atoms with E-state index < -0.39 is 12.1 Å². The zero-order valence-corrected chi connectivity index (χ0v) is 23.9. The SMILES string of the molecule is COc1cc(Nc2ncc3c(n2)-c2ccc(-c4ccccc4C)cc2C(C2=C(F)C=CCC2OC)=NC3)ccc1C(=O)O. The van der Waals surface area contributed by atoms with Gasteiger partial charge in [0, 0.05) is 47.3 Å². The Kier molecular flexibility index (Phi) is 7.56. The third-order valence-corrected chi connectivity index (χ3v) is 7.68. The van der Waals surface area contributed by atoms with E-state index in [0.29, 0.717) is 35.0 Å². The highest BCUT2D eigenvalue weighted by atomic mass is 19.1. The van der Waals surface area contributed by atoms with Gasteiger partial charge in [0.1, 0.15) is 17.1 Å². The molecule has 8 nitrogen and oxygen atoms in total. The molecular formula is C34H29FN4O4. The largest absolute Gasteiger partial charge is 0.496 e. The van der Waals surface area contributed by atoms with E-state index in [2.05, 4.69) is 29.4 Å². The quantitative estimate of drug-likeness (QED) is 0.242. The van der Waals surface area contributed by atoms with Crippen molar-refractivity contribution >= 4 is 23.3 Å². The van der Waals surface area contributed by atoms with Gasteiger partial charge in [-0.05, 0) is 54.3 Å². The molecule has 0 radical (unpaired) electrons. The molecule has 2 N–H and O–H groups in total. The van der Waals surface area contributed by atoms with Crippen molar-refractivity contribution in [3.8, 4) is 28.1 Å². The smallest absolute Gasteiger partial charge is 0.339 e. The third-order valence-electron chi connectivity index (χ3n) is 7.68. The Hall–Kier alpha value is -5.15. The Balaban J connectivity index is 1.49. The second kappa shape index (κ2) is 11.6. The number of anilines is 2. The maximum atomic E-state index is 15.5. The molecule has 4 aromatic rings. The minimum atomic E-state index is -1.09. The van der Waals surface area contributed by atoms with Crippen LogP contribution in [0.25, 0.3) is 22.4 Å². The predicted molar refractivity (Wildman–Crippen MR) is 164 cm³/mol. The topological polar surface area (TPSA) is 106 Å². The fourth-order valence-electron chi connectivity index (χ4n) is 5.52. The molecule has 1 atom stereocenters. The number of carbonyl (C=O) groups is 1. The van der Waals surface area contributed by atoms with Gasteiger partial charge in [-0.2, -0.15) is 0 Å². The van der Waals surface area contributed by atoms with Gasteiger partial charge in [-0.25, -0.2) is 19.2 Å². The highest BCUT2D eigenvalue weighted by molar-refractivity contribution is 6.18.